The Morgan fingerprint density at radius 1 is 1.26 bits per heavy atom. The Bertz CT molecular complexity index is 449. The van der Waals surface area contributed by atoms with Gasteiger partial charge in [0, 0.05) is 18.8 Å². The predicted octanol–water partition coefficient (Wildman–Crippen LogP) is 2.33. The fourth-order valence-corrected chi connectivity index (χ4v) is 2.77. The summed E-state index contributed by atoms with van der Waals surface area (Å²) in [4.78, 5) is 4.45. The van der Waals surface area contributed by atoms with E-state index in [0.717, 1.165) is 36.2 Å². The Labute approximate surface area is 118 Å². The average Bonchev–Trinajstić information content (AvgIpc) is 2.48. The standard InChI is InChI=1S/C14H20N2O2S/c1-17-12-5-4-11(10-13(12)18-2)6-8-16-14-15-7-3-9-19-14/h4-5,10H,3,6-9H2,1-2H3,(H,15,16). The summed E-state index contributed by atoms with van der Waals surface area (Å²) in [5.74, 6) is 2.72. The summed E-state index contributed by atoms with van der Waals surface area (Å²) < 4.78 is 10.5. The Kier molecular flexibility index (Phi) is 5.39. The lowest BCUT2D eigenvalue weighted by Gasteiger charge is -2.13. The molecule has 0 bridgehead atoms. The van der Waals surface area contributed by atoms with Crippen LogP contribution < -0.4 is 14.8 Å². The topological polar surface area (TPSA) is 42.8 Å². The first-order valence-corrected chi connectivity index (χ1v) is 7.44. The van der Waals surface area contributed by atoms with E-state index >= 15 is 0 Å². The maximum absolute atomic E-state index is 5.30. The van der Waals surface area contributed by atoms with Gasteiger partial charge in [-0.3, -0.25) is 4.99 Å². The third kappa shape index (κ3) is 4.06. The zero-order valence-corrected chi connectivity index (χ0v) is 12.3. The Hall–Kier alpha value is -1.36. The molecule has 2 rings (SSSR count). The molecule has 0 radical (unpaired) electrons. The van der Waals surface area contributed by atoms with E-state index in [0.29, 0.717) is 0 Å². The van der Waals surface area contributed by atoms with E-state index in [2.05, 4.69) is 16.4 Å². The van der Waals surface area contributed by atoms with Crippen LogP contribution in [0.5, 0.6) is 11.5 Å². The summed E-state index contributed by atoms with van der Waals surface area (Å²) in [5, 5.41) is 4.45. The van der Waals surface area contributed by atoms with Gasteiger partial charge < -0.3 is 14.8 Å². The fourth-order valence-electron chi connectivity index (χ4n) is 1.92. The van der Waals surface area contributed by atoms with Crippen molar-refractivity contribution in [3.05, 3.63) is 23.8 Å². The second-order valence-corrected chi connectivity index (χ2v) is 5.34. The van der Waals surface area contributed by atoms with E-state index in [9.17, 15) is 0 Å². The highest BCUT2D eigenvalue weighted by Crippen LogP contribution is 2.27. The van der Waals surface area contributed by atoms with E-state index in [1.807, 2.05) is 12.1 Å². The molecule has 0 spiro atoms. The number of benzene rings is 1. The highest BCUT2D eigenvalue weighted by Gasteiger charge is 2.06. The second kappa shape index (κ2) is 7.28. The highest BCUT2D eigenvalue weighted by atomic mass is 32.2. The number of amidine groups is 1. The number of hydrogen-bond acceptors (Lipinski definition) is 5. The van der Waals surface area contributed by atoms with Crippen LogP contribution in [0.2, 0.25) is 0 Å². The van der Waals surface area contributed by atoms with Gasteiger partial charge in [0.1, 0.15) is 0 Å². The van der Waals surface area contributed by atoms with Gasteiger partial charge in [0.25, 0.3) is 0 Å². The number of rotatable bonds is 5. The maximum atomic E-state index is 5.30. The molecule has 1 N–H and O–H groups in total. The molecule has 0 amide bonds. The van der Waals surface area contributed by atoms with Gasteiger partial charge in [-0.05, 0) is 30.5 Å². The van der Waals surface area contributed by atoms with Crippen molar-refractivity contribution >= 4 is 16.9 Å². The van der Waals surface area contributed by atoms with Gasteiger partial charge in [-0.1, -0.05) is 17.8 Å². The smallest absolute Gasteiger partial charge is 0.160 e. The van der Waals surface area contributed by atoms with E-state index in [1.54, 1.807) is 26.0 Å². The fraction of sp³-hybridized carbons (Fsp3) is 0.500. The first-order valence-electron chi connectivity index (χ1n) is 6.45. The van der Waals surface area contributed by atoms with Gasteiger partial charge in [-0.15, -0.1) is 0 Å². The number of nitrogens with zero attached hydrogens (tertiary/aromatic N) is 1. The molecule has 0 unspecified atom stereocenters. The first kappa shape index (κ1) is 14.1. The van der Waals surface area contributed by atoms with Crippen molar-refractivity contribution in [2.45, 2.75) is 12.8 Å². The predicted molar refractivity (Wildman–Crippen MR) is 80.6 cm³/mol. The van der Waals surface area contributed by atoms with E-state index in [1.165, 1.54) is 17.7 Å². The van der Waals surface area contributed by atoms with Crippen molar-refractivity contribution < 1.29 is 9.47 Å². The minimum absolute atomic E-state index is 0.770. The molecule has 1 aliphatic rings. The lowest BCUT2D eigenvalue weighted by atomic mass is 10.1. The first-order chi connectivity index (χ1) is 9.33. The van der Waals surface area contributed by atoms with Crippen molar-refractivity contribution in [3.8, 4) is 11.5 Å². The molecule has 104 valence electrons. The largest absolute Gasteiger partial charge is 0.493 e. The second-order valence-electron chi connectivity index (χ2n) is 4.26. The van der Waals surface area contributed by atoms with Gasteiger partial charge in [0.15, 0.2) is 16.7 Å². The van der Waals surface area contributed by atoms with E-state index in [-0.39, 0.29) is 0 Å². The lowest BCUT2D eigenvalue weighted by Crippen LogP contribution is -2.25. The van der Waals surface area contributed by atoms with E-state index in [4.69, 9.17) is 9.47 Å². The van der Waals surface area contributed by atoms with E-state index < -0.39 is 0 Å². The van der Waals surface area contributed by atoms with Crippen molar-refractivity contribution in [2.75, 3.05) is 33.1 Å². The summed E-state index contributed by atoms with van der Waals surface area (Å²) in [7, 11) is 3.31. The van der Waals surface area contributed by atoms with Crippen LogP contribution >= 0.6 is 11.8 Å². The number of methoxy groups -OCH3 is 2. The minimum atomic E-state index is 0.770. The van der Waals surface area contributed by atoms with Crippen LogP contribution in [-0.4, -0.2) is 38.2 Å². The minimum Gasteiger partial charge on any atom is -0.493 e. The van der Waals surface area contributed by atoms with Crippen molar-refractivity contribution in [1.82, 2.24) is 5.32 Å². The maximum Gasteiger partial charge on any atom is 0.160 e. The van der Waals surface area contributed by atoms with Crippen LogP contribution in [0.15, 0.2) is 23.2 Å². The molecule has 0 aliphatic carbocycles. The van der Waals surface area contributed by atoms with Gasteiger partial charge in [-0.2, -0.15) is 0 Å². The molecule has 1 aliphatic heterocycles. The molecule has 19 heavy (non-hydrogen) atoms. The summed E-state index contributed by atoms with van der Waals surface area (Å²) in [6.07, 6.45) is 2.13. The van der Waals surface area contributed by atoms with Crippen LogP contribution in [0.25, 0.3) is 0 Å². The Morgan fingerprint density at radius 3 is 2.79 bits per heavy atom. The monoisotopic (exact) mass is 280 g/mol. The zero-order valence-electron chi connectivity index (χ0n) is 11.4. The molecular formula is C14H20N2O2S. The summed E-state index contributed by atoms with van der Waals surface area (Å²) in [6.45, 7) is 1.84. The normalized spacial score (nSPS) is 14.7. The molecule has 0 aromatic heterocycles. The molecule has 0 atom stereocenters. The third-order valence-electron chi connectivity index (χ3n) is 2.93. The van der Waals surface area contributed by atoms with Gasteiger partial charge >= 0.3 is 0 Å². The van der Waals surface area contributed by atoms with Gasteiger partial charge in [0.05, 0.1) is 14.2 Å². The molecule has 1 aromatic rings. The summed E-state index contributed by atoms with van der Waals surface area (Å²) in [5.41, 5.74) is 1.23. The molecule has 4 nitrogen and oxygen atoms in total. The lowest BCUT2D eigenvalue weighted by molar-refractivity contribution is 0.354. The summed E-state index contributed by atoms with van der Waals surface area (Å²) in [6, 6.07) is 6.04. The number of hydrogen-bond donors (Lipinski definition) is 1. The van der Waals surface area contributed by atoms with Crippen LogP contribution in [0.1, 0.15) is 12.0 Å². The number of nitrogens with one attached hydrogen (secondary N) is 1. The van der Waals surface area contributed by atoms with Gasteiger partial charge in [0.2, 0.25) is 0 Å². The number of aliphatic imine (C=N–C) groups is 1. The average molecular weight is 280 g/mol. The summed E-state index contributed by atoms with van der Waals surface area (Å²) >= 11 is 1.81. The van der Waals surface area contributed by atoms with Crippen LogP contribution in [0.4, 0.5) is 0 Å². The van der Waals surface area contributed by atoms with Crippen LogP contribution in [-0.2, 0) is 6.42 Å². The molecule has 1 aromatic carbocycles. The molecular weight excluding hydrogens is 260 g/mol. The van der Waals surface area contributed by atoms with Crippen molar-refractivity contribution in [1.29, 1.82) is 0 Å². The third-order valence-corrected chi connectivity index (χ3v) is 3.97. The molecule has 1 heterocycles. The molecule has 0 saturated carbocycles. The number of ether oxygens (including phenoxy) is 2. The van der Waals surface area contributed by atoms with Crippen LogP contribution in [0, 0.1) is 0 Å². The van der Waals surface area contributed by atoms with Crippen molar-refractivity contribution in [2.24, 2.45) is 4.99 Å². The SMILES string of the molecule is COc1ccc(CCNC2=NCCCS2)cc1OC. The number of thioether (sulfide) groups is 1. The quantitative estimate of drug-likeness (QED) is 0.899. The molecule has 5 heteroatoms. The highest BCUT2D eigenvalue weighted by molar-refractivity contribution is 8.13. The van der Waals surface area contributed by atoms with Crippen molar-refractivity contribution in [3.63, 3.8) is 0 Å². The Morgan fingerprint density at radius 2 is 2.11 bits per heavy atom. The van der Waals surface area contributed by atoms with Crippen LogP contribution in [0.3, 0.4) is 0 Å². The Balaban J connectivity index is 1.87. The van der Waals surface area contributed by atoms with Gasteiger partial charge in [-0.25, -0.2) is 0 Å². The zero-order chi connectivity index (χ0) is 13.5. The molecule has 0 fully saturated rings. The molecule has 0 saturated heterocycles.